The molecule has 3 N–H and O–H groups in total. The van der Waals surface area contributed by atoms with Gasteiger partial charge in [-0.1, -0.05) is 6.92 Å². The van der Waals surface area contributed by atoms with Crippen molar-refractivity contribution in [3.8, 4) is 0 Å². The third-order valence-corrected chi connectivity index (χ3v) is 6.45. The molecule has 158 valence electrons. The molecule has 0 radical (unpaired) electrons. The van der Waals surface area contributed by atoms with E-state index in [1.54, 1.807) is 4.90 Å². The molecule has 0 aromatic carbocycles. The second-order valence-corrected chi connectivity index (χ2v) is 8.33. The van der Waals surface area contributed by atoms with Crippen molar-refractivity contribution >= 4 is 17.7 Å². The summed E-state index contributed by atoms with van der Waals surface area (Å²) in [6.07, 6.45) is 4.24. The molecule has 8 heteroatoms. The lowest BCUT2D eigenvalue weighted by Crippen LogP contribution is -2.48. The van der Waals surface area contributed by atoms with Crippen LogP contribution in [0.2, 0.25) is 0 Å². The van der Waals surface area contributed by atoms with Gasteiger partial charge in [0.2, 0.25) is 17.7 Å². The minimum atomic E-state index is -0.269. The summed E-state index contributed by atoms with van der Waals surface area (Å²) in [4.78, 5) is 43.9. The number of likely N-dealkylation sites (N-methyl/N-ethyl adjacent to an activating group) is 1. The molecule has 3 amide bonds. The summed E-state index contributed by atoms with van der Waals surface area (Å²) in [6, 6.07) is 0.424. The van der Waals surface area contributed by atoms with E-state index < -0.39 is 0 Å². The quantitative estimate of drug-likeness (QED) is 0.615. The molecule has 0 aromatic heterocycles. The summed E-state index contributed by atoms with van der Waals surface area (Å²) in [5.74, 6) is -0.335. The lowest BCUT2D eigenvalue weighted by Gasteiger charge is -2.33. The highest BCUT2D eigenvalue weighted by atomic mass is 16.2. The zero-order valence-electron chi connectivity index (χ0n) is 17.1. The van der Waals surface area contributed by atoms with Crippen molar-refractivity contribution in [1.82, 2.24) is 20.0 Å². The number of nitrogens with two attached hydrogens (primary N) is 1. The molecule has 3 aliphatic rings. The van der Waals surface area contributed by atoms with Gasteiger partial charge >= 0.3 is 0 Å². The first-order valence-electron chi connectivity index (χ1n) is 10.8. The van der Waals surface area contributed by atoms with E-state index in [4.69, 9.17) is 5.73 Å². The molecule has 3 aliphatic heterocycles. The summed E-state index contributed by atoms with van der Waals surface area (Å²) in [7, 11) is 0. The van der Waals surface area contributed by atoms with Crippen LogP contribution < -0.4 is 11.1 Å². The number of piperidine rings is 1. The van der Waals surface area contributed by atoms with Crippen LogP contribution >= 0.6 is 0 Å². The van der Waals surface area contributed by atoms with Crippen molar-refractivity contribution in [1.29, 1.82) is 0 Å². The van der Waals surface area contributed by atoms with Crippen LogP contribution in [0.25, 0.3) is 0 Å². The number of hydrogen-bond donors (Lipinski definition) is 2. The molecule has 3 fully saturated rings. The van der Waals surface area contributed by atoms with E-state index in [2.05, 4.69) is 17.1 Å². The maximum atomic E-state index is 13.0. The van der Waals surface area contributed by atoms with Crippen molar-refractivity contribution in [3.05, 3.63) is 0 Å². The predicted octanol–water partition coefficient (Wildman–Crippen LogP) is -0.367. The molecule has 0 saturated carbocycles. The number of nitrogens with one attached hydrogen (secondary N) is 1. The van der Waals surface area contributed by atoms with Gasteiger partial charge in [-0.2, -0.15) is 0 Å². The van der Waals surface area contributed by atoms with E-state index in [-0.39, 0.29) is 29.6 Å². The number of carbonyl (C=O) groups is 3. The van der Waals surface area contributed by atoms with E-state index in [1.807, 2.05) is 4.90 Å². The SMILES string of the molecule is CCN1CCCC1CN1CC(C(=O)N2CCCC(C(=O)NCCN)C2)CC1=O. The summed E-state index contributed by atoms with van der Waals surface area (Å²) in [5.41, 5.74) is 5.45. The maximum absolute atomic E-state index is 13.0. The molecule has 3 heterocycles. The number of carbonyl (C=O) groups excluding carboxylic acids is 3. The molecule has 28 heavy (non-hydrogen) atoms. The van der Waals surface area contributed by atoms with Gasteiger partial charge in [-0.25, -0.2) is 0 Å². The van der Waals surface area contributed by atoms with Crippen LogP contribution in [0.5, 0.6) is 0 Å². The van der Waals surface area contributed by atoms with E-state index in [0.29, 0.717) is 45.2 Å². The standard InChI is InChI=1S/C20H35N5O3/c1-2-23-9-4-6-17(23)14-25-13-16(11-18(25)26)20(28)24-10-3-5-15(12-24)19(27)22-8-7-21/h15-17H,2-14,21H2,1H3,(H,22,27). The Morgan fingerprint density at radius 1 is 1.14 bits per heavy atom. The molecule has 0 bridgehead atoms. The summed E-state index contributed by atoms with van der Waals surface area (Å²) in [6.45, 7) is 7.54. The molecule has 0 aromatic rings. The van der Waals surface area contributed by atoms with Gasteiger partial charge in [0.1, 0.15) is 0 Å². The van der Waals surface area contributed by atoms with Crippen molar-refractivity contribution in [3.63, 3.8) is 0 Å². The third kappa shape index (κ3) is 4.84. The van der Waals surface area contributed by atoms with E-state index in [1.165, 1.54) is 6.42 Å². The van der Waals surface area contributed by atoms with Gasteiger partial charge in [0, 0.05) is 51.7 Å². The van der Waals surface area contributed by atoms with Gasteiger partial charge in [0.25, 0.3) is 0 Å². The van der Waals surface area contributed by atoms with Crippen LogP contribution in [0.3, 0.4) is 0 Å². The fraction of sp³-hybridized carbons (Fsp3) is 0.850. The van der Waals surface area contributed by atoms with Crippen LogP contribution in [-0.4, -0.2) is 90.8 Å². The Labute approximate surface area is 167 Å². The summed E-state index contributed by atoms with van der Waals surface area (Å²) < 4.78 is 0. The Hall–Kier alpha value is -1.67. The molecule has 3 atom stereocenters. The topological polar surface area (TPSA) is 99.0 Å². The Morgan fingerprint density at radius 2 is 1.93 bits per heavy atom. The second-order valence-electron chi connectivity index (χ2n) is 8.33. The molecular formula is C20H35N5O3. The molecule has 0 aliphatic carbocycles. The first-order chi connectivity index (χ1) is 13.5. The number of nitrogens with zero attached hydrogens (tertiary/aromatic N) is 3. The van der Waals surface area contributed by atoms with Crippen LogP contribution in [-0.2, 0) is 14.4 Å². The lowest BCUT2D eigenvalue weighted by atomic mass is 9.95. The first-order valence-corrected chi connectivity index (χ1v) is 10.8. The molecule has 3 saturated heterocycles. The summed E-state index contributed by atoms with van der Waals surface area (Å²) in [5, 5.41) is 2.83. The number of amides is 3. The highest BCUT2D eigenvalue weighted by Crippen LogP contribution is 2.26. The zero-order chi connectivity index (χ0) is 20.1. The van der Waals surface area contributed by atoms with Crippen LogP contribution in [0.1, 0.15) is 39.0 Å². The van der Waals surface area contributed by atoms with Gasteiger partial charge in [0.15, 0.2) is 0 Å². The Kier molecular flexibility index (Phi) is 7.29. The Morgan fingerprint density at radius 3 is 2.68 bits per heavy atom. The van der Waals surface area contributed by atoms with E-state index >= 15 is 0 Å². The predicted molar refractivity (Wildman–Crippen MR) is 106 cm³/mol. The highest BCUT2D eigenvalue weighted by molar-refractivity contribution is 5.89. The minimum absolute atomic E-state index is 0.0204. The van der Waals surface area contributed by atoms with Gasteiger partial charge in [-0.15, -0.1) is 0 Å². The molecular weight excluding hydrogens is 358 g/mol. The average Bonchev–Trinajstić information content (AvgIpc) is 3.32. The fourth-order valence-electron chi connectivity index (χ4n) is 4.88. The van der Waals surface area contributed by atoms with Gasteiger partial charge in [0.05, 0.1) is 11.8 Å². The zero-order valence-corrected chi connectivity index (χ0v) is 17.1. The van der Waals surface area contributed by atoms with E-state index in [9.17, 15) is 14.4 Å². The van der Waals surface area contributed by atoms with E-state index in [0.717, 1.165) is 38.9 Å². The van der Waals surface area contributed by atoms with Crippen LogP contribution in [0.15, 0.2) is 0 Å². The smallest absolute Gasteiger partial charge is 0.228 e. The fourth-order valence-corrected chi connectivity index (χ4v) is 4.88. The molecule has 0 spiro atoms. The normalized spacial score (nSPS) is 28.8. The van der Waals surface area contributed by atoms with Crippen LogP contribution in [0.4, 0.5) is 0 Å². The largest absolute Gasteiger partial charge is 0.355 e. The monoisotopic (exact) mass is 393 g/mol. The number of rotatable bonds is 7. The second kappa shape index (κ2) is 9.69. The Balaban J connectivity index is 1.53. The van der Waals surface area contributed by atoms with Crippen molar-refractivity contribution in [2.75, 3.05) is 52.4 Å². The average molecular weight is 394 g/mol. The number of hydrogen-bond acceptors (Lipinski definition) is 5. The molecule has 3 unspecified atom stereocenters. The highest BCUT2D eigenvalue weighted by Gasteiger charge is 2.40. The maximum Gasteiger partial charge on any atom is 0.228 e. The van der Waals surface area contributed by atoms with Gasteiger partial charge in [-0.05, 0) is 38.8 Å². The van der Waals surface area contributed by atoms with Gasteiger partial charge in [-0.3, -0.25) is 19.3 Å². The molecule has 8 nitrogen and oxygen atoms in total. The molecule has 3 rings (SSSR count). The van der Waals surface area contributed by atoms with Crippen molar-refractivity contribution < 1.29 is 14.4 Å². The van der Waals surface area contributed by atoms with Crippen molar-refractivity contribution in [2.45, 2.75) is 45.1 Å². The van der Waals surface area contributed by atoms with Crippen LogP contribution in [0, 0.1) is 11.8 Å². The third-order valence-electron chi connectivity index (χ3n) is 6.45. The van der Waals surface area contributed by atoms with Gasteiger partial charge < -0.3 is 20.9 Å². The lowest BCUT2D eigenvalue weighted by molar-refractivity contribution is -0.139. The minimum Gasteiger partial charge on any atom is -0.355 e. The van der Waals surface area contributed by atoms with Crippen molar-refractivity contribution in [2.24, 2.45) is 17.6 Å². The Bertz CT molecular complexity index is 584. The number of likely N-dealkylation sites (tertiary alicyclic amines) is 3. The summed E-state index contributed by atoms with van der Waals surface area (Å²) >= 11 is 0. The first kappa shape index (κ1) is 21.0.